The number of halogens is 6. The van der Waals surface area contributed by atoms with E-state index in [2.05, 4.69) is 0 Å². The Morgan fingerprint density at radius 3 is 1.70 bits per heavy atom. The summed E-state index contributed by atoms with van der Waals surface area (Å²) in [5.74, 6) is 0. The number of nitro groups is 1. The molecule has 0 saturated carbocycles. The van der Waals surface area contributed by atoms with Crippen molar-refractivity contribution in [3.05, 3.63) is 63.7 Å². The summed E-state index contributed by atoms with van der Waals surface area (Å²) in [6.07, 6.45) is -9.34. The van der Waals surface area contributed by atoms with Crippen molar-refractivity contribution in [3.63, 3.8) is 0 Å². The van der Waals surface area contributed by atoms with Crippen LogP contribution in [0, 0.1) is 10.1 Å². The molecule has 0 aromatic heterocycles. The van der Waals surface area contributed by atoms with E-state index in [9.17, 15) is 36.5 Å². The van der Waals surface area contributed by atoms with Gasteiger partial charge in [-0.05, 0) is 29.8 Å². The van der Waals surface area contributed by atoms with Crippen molar-refractivity contribution in [2.75, 3.05) is 0 Å². The van der Waals surface area contributed by atoms with E-state index in [0.717, 1.165) is 18.2 Å². The third-order valence-electron chi connectivity index (χ3n) is 3.04. The van der Waals surface area contributed by atoms with E-state index in [-0.39, 0.29) is 11.1 Å². The average molecular weight is 335 g/mol. The van der Waals surface area contributed by atoms with Crippen molar-refractivity contribution in [1.82, 2.24) is 0 Å². The third-order valence-corrected chi connectivity index (χ3v) is 3.04. The summed E-state index contributed by atoms with van der Waals surface area (Å²) >= 11 is 0. The molecule has 0 amide bonds. The van der Waals surface area contributed by atoms with Gasteiger partial charge in [-0.25, -0.2) is 0 Å². The summed E-state index contributed by atoms with van der Waals surface area (Å²) in [6.45, 7) is 0. The summed E-state index contributed by atoms with van der Waals surface area (Å²) < 4.78 is 75.2. The van der Waals surface area contributed by atoms with Crippen LogP contribution in [-0.4, -0.2) is 4.92 Å². The Morgan fingerprint density at radius 1 is 0.783 bits per heavy atom. The highest BCUT2D eigenvalue weighted by Crippen LogP contribution is 2.38. The van der Waals surface area contributed by atoms with E-state index in [4.69, 9.17) is 0 Å². The van der Waals surface area contributed by atoms with Gasteiger partial charge in [0.1, 0.15) is 0 Å². The highest BCUT2D eigenvalue weighted by molar-refractivity contribution is 5.74. The molecule has 0 unspecified atom stereocenters. The van der Waals surface area contributed by atoms with Crippen LogP contribution in [0.4, 0.5) is 32.0 Å². The first-order chi connectivity index (χ1) is 10.5. The summed E-state index contributed by atoms with van der Waals surface area (Å²) in [5, 5.41) is 11.0. The quantitative estimate of drug-likeness (QED) is 0.425. The highest BCUT2D eigenvalue weighted by Gasteiger charge is 2.33. The monoisotopic (exact) mass is 335 g/mol. The van der Waals surface area contributed by atoms with Crippen LogP contribution in [0.25, 0.3) is 11.1 Å². The molecule has 0 bridgehead atoms. The van der Waals surface area contributed by atoms with Crippen LogP contribution in [-0.2, 0) is 12.4 Å². The van der Waals surface area contributed by atoms with Gasteiger partial charge in [0.25, 0.3) is 5.69 Å². The third kappa shape index (κ3) is 3.61. The fourth-order valence-corrected chi connectivity index (χ4v) is 1.94. The average Bonchev–Trinajstić information content (AvgIpc) is 2.45. The molecule has 0 saturated heterocycles. The number of benzene rings is 2. The zero-order chi connectivity index (χ0) is 17.4. The Bertz CT molecular complexity index is 734. The van der Waals surface area contributed by atoms with E-state index >= 15 is 0 Å². The number of hydrogen-bond acceptors (Lipinski definition) is 2. The zero-order valence-corrected chi connectivity index (χ0v) is 11.1. The van der Waals surface area contributed by atoms with E-state index in [1.54, 1.807) is 0 Å². The Morgan fingerprint density at radius 2 is 1.26 bits per heavy atom. The van der Waals surface area contributed by atoms with Gasteiger partial charge in [-0.2, -0.15) is 26.3 Å². The Balaban J connectivity index is 2.53. The van der Waals surface area contributed by atoms with Crippen LogP contribution in [0.5, 0.6) is 0 Å². The van der Waals surface area contributed by atoms with E-state index in [1.807, 2.05) is 0 Å². The lowest BCUT2D eigenvalue weighted by molar-refractivity contribution is -0.384. The molecule has 2 aromatic rings. The van der Waals surface area contributed by atoms with Gasteiger partial charge in [-0.15, -0.1) is 0 Å². The van der Waals surface area contributed by atoms with Crippen LogP contribution in [0.1, 0.15) is 11.1 Å². The molecule has 2 rings (SSSR count). The fraction of sp³-hybridized carbons (Fsp3) is 0.143. The van der Waals surface area contributed by atoms with Crippen LogP contribution in [0.3, 0.4) is 0 Å². The largest absolute Gasteiger partial charge is 0.416 e. The Hall–Kier alpha value is -2.58. The molecule has 0 aliphatic carbocycles. The lowest BCUT2D eigenvalue weighted by Gasteiger charge is -2.10. The molecule has 0 heterocycles. The second-order valence-electron chi connectivity index (χ2n) is 4.56. The molecule has 0 fully saturated rings. The molecule has 9 heteroatoms. The van der Waals surface area contributed by atoms with Gasteiger partial charge < -0.3 is 0 Å². The van der Waals surface area contributed by atoms with Gasteiger partial charge in [-0.3, -0.25) is 10.1 Å². The van der Waals surface area contributed by atoms with Crippen LogP contribution in [0.2, 0.25) is 0 Å². The predicted molar refractivity (Wildman–Crippen MR) is 68.5 cm³/mol. The van der Waals surface area contributed by atoms with Gasteiger partial charge in [0.2, 0.25) is 0 Å². The second kappa shape index (κ2) is 5.56. The van der Waals surface area contributed by atoms with Gasteiger partial charge in [-0.1, -0.05) is 12.1 Å². The minimum absolute atomic E-state index is 0.0124. The fourth-order valence-electron chi connectivity index (χ4n) is 1.94. The van der Waals surface area contributed by atoms with E-state index in [0.29, 0.717) is 24.3 Å². The molecule has 0 N–H and O–H groups in total. The maximum absolute atomic E-state index is 12.6. The SMILES string of the molecule is O=[N+]([O-])c1cc(C(F)(F)F)ccc1-c1ccc(C(F)(F)F)cc1. The Kier molecular flexibility index (Phi) is 4.06. The number of nitro benzene ring substituents is 1. The molecule has 2 aromatic carbocycles. The molecule has 23 heavy (non-hydrogen) atoms. The number of nitrogens with zero attached hydrogens (tertiary/aromatic N) is 1. The van der Waals surface area contributed by atoms with Crippen LogP contribution in [0.15, 0.2) is 42.5 Å². The number of rotatable bonds is 2. The predicted octanol–water partition coefficient (Wildman–Crippen LogP) is 5.30. The topological polar surface area (TPSA) is 43.1 Å². The van der Waals surface area contributed by atoms with Gasteiger partial charge in [0.05, 0.1) is 21.6 Å². The molecular formula is C14H7F6NO2. The number of hydrogen-bond donors (Lipinski definition) is 0. The summed E-state index contributed by atoms with van der Waals surface area (Å²) in [7, 11) is 0. The van der Waals surface area contributed by atoms with E-state index in [1.165, 1.54) is 0 Å². The highest BCUT2D eigenvalue weighted by atomic mass is 19.4. The second-order valence-corrected chi connectivity index (χ2v) is 4.56. The minimum Gasteiger partial charge on any atom is -0.258 e. The first kappa shape index (κ1) is 16.8. The van der Waals surface area contributed by atoms with Crippen LogP contribution >= 0.6 is 0 Å². The van der Waals surface area contributed by atoms with Gasteiger partial charge >= 0.3 is 12.4 Å². The standard InChI is InChI=1S/C14H7F6NO2/c15-13(16,17)9-3-1-8(2-4-9)11-6-5-10(14(18,19)20)7-12(11)21(22)23/h1-7H. The molecule has 122 valence electrons. The first-order valence-electron chi connectivity index (χ1n) is 6.03. The molecular weight excluding hydrogens is 328 g/mol. The molecule has 3 nitrogen and oxygen atoms in total. The number of alkyl halides is 6. The Labute approximate surface area is 125 Å². The lowest BCUT2D eigenvalue weighted by Crippen LogP contribution is -2.06. The molecule has 0 spiro atoms. The smallest absolute Gasteiger partial charge is 0.258 e. The van der Waals surface area contributed by atoms with Crippen molar-refractivity contribution in [1.29, 1.82) is 0 Å². The van der Waals surface area contributed by atoms with Gasteiger partial charge in [0, 0.05) is 6.07 Å². The molecule has 0 atom stereocenters. The lowest BCUT2D eigenvalue weighted by atomic mass is 10.00. The minimum atomic E-state index is -4.76. The van der Waals surface area contributed by atoms with Crippen LogP contribution < -0.4 is 0 Å². The summed E-state index contributed by atoms with van der Waals surface area (Å²) in [4.78, 5) is 9.95. The molecule has 0 aliphatic rings. The van der Waals surface area contributed by atoms with Crippen molar-refractivity contribution < 1.29 is 31.3 Å². The maximum atomic E-state index is 12.6. The summed E-state index contributed by atoms with van der Waals surface area (Å²) in [6, 6.07) is 5.21. The van der Waals surface area contributed by atoms with Gasteiger partial charge in [0.15, 0.2) is 0 Å². The van der Waals surface area contributed by atoms with Crippen molar-refractivity contribution in [2.45, 2.75) is 12.4 Å². The van der Waals surface area contributed by atoms with Crippen molar-refractivity contribution in [3.8, 4) is 11.1 Å². The molecule has 0 radical (unpaired) electrons. The summed E-state index contributed by atoms with van der Waals surface area (Å²) in [5.41, 5.74) is -3.19. The molecule has 0 aliphatic heterocycles. The maximum Gasteiger partial charge on any atom is 0.416 e. The van der Waals surface area contributed by atoms with E-state index < -0.39 is 34.1 Å². The van der Waals surface area contributed by atoms with Crippen molar-refractivity contribution >= 4 is 5.69 Å². The zero-order valence-electron chi connectivity index (χ0n) is 11.1. The first-order valence-corrected chi connectivity index (χ1v) is 6.03. The van der Waals surface area contributed by atoms with Crippen molar-refractivity contribution in [2.24, 2.45) is 0 Å². The normalized spacial score (nSPS) is 12.3.